The SMILES string of the molecule is O=C1CCCC(O)=C1[C@@H]1NCCc2c1[nH]c1ccc(Cl)cc21. The molecule has 0 saturated heterocycles. The Kier molecular flexibility index (Phi) is 3.24. The number of aromatic nitrogens is 1. The van der Waals surface area contributed by atoms with E-state index in [1.165, 1.54) is 5.56 Å². The standard InChI is InChI=1S/C17H17ClN2O2/c18-9-4-5-12-11(8-9)10-6-7-19-17(16(10)20-12)15-13(21)2-1-3-14(15)22/h4-5,8,17,19-21H,1-3,6-7H2/t17-/m0/s1. The van der Waals surface area contributed by atoms with Crippen molar-refractivity contribution in [2.75, 3.05) is 6.54 Å². The van der Waals surface area contributed by atoms with Crippen LogP contribution in [0.4, 0.5) is 0 Å². The molecule has 22 heavy (non-hydrogen) atoms. The Bertz CT molecular complexity index is 806. The van der Waals surface area contributed by atoms with Gasteiger partial charge in [0.1, 0.15) is 5.76 Å². The van der Waals surface area contributed by atoms with Gasteiger partial charge >= 0.3 is 0 Å². The number of halogens is 1. The summed E-state index contributed by atoms with van der Waals surface area (Å²) in [5, 5.41) is 15.4. The Labute approximate surface area is 133 Å². The Balaban J connectivity index is 1.89. The molecule has 5 heteroatoms. The summed E-state index contributed by atoms with van der Waals surface area (Å²) in [4.78, 5) is 15.7. The third-order valence-corrected chi connectivity index (χ3v) is 4.87. The molecule has 1 aromatic carbocycles. The van der Waals surface area contributed by atoms with Crippen LogP contribution >= 0.6 is 11.6 Å². The lowest BCUT2D eigenvalue weighted by atomic mass is 9.86. The summed E-state index contributed by atoms with van der Waals surface area (Å²) in [6, 6.07) is 5.54. The van der Waals surface area contributed by atoms with Gasteiger partial charge in [0.05, 0.1) is 11.6 Å². The second-order valence-corrected chi connectivity index (χ2v) is 6.42. The maximum Gasteiger partial charge on any atom is 0.164 e. The Morgan fingerprint density at radius 2 is 2.09 bits per heavy atom. The van der Waals surface area contributed by atoms with Crippen LogP contribution in [0.25, 0.3) is 10.9 Å². The topological polar surface area (TPSA) is 65.1 Å². The minimum Gasteiger partial charge on any atom is -0.512 e. The zero-order chi connectivity index (χ0) is 15.3. The van der Waals surface area contributed by atoms with Gasteiger partial charge in [0.25, 0.3) is 0 Å². The third-order valence-electron chi connectivity index (χ3n) is 4.63. The van der Waals surface area contributed by atoms with Crippen molar-refractivity contribution in [3.63, 3.8) is 0 Å². The molecule has 3 N–H and O–H groups in total. The van der Waals surface area contributed by atoms with Crippen molar-refractivity contribution in [3.8, 4) is 0 Å². The zero-order valence-corrected chi connectivity index (χ0v) is 12.8. The summed E-state index contributed by atoms with van der Waals surface area (Å²) in [5.74, 6) is 0.282. The minimum atomic E-state index is -0.247. The predicted molar refractivity (Wildman–Crippen MR) is 86.3 cm³/mol. The van der Waals surface area contributed by atoms with E-state index in [0.29, 0.717) is 23.4 Å². The molecule has 1 aliphatic carbocycles. The van der Waals surface area contributed by atoms with Crippen molar-refractivity contribution in [1.29, 1.82) is 0 Å². The molecule has 1 atom stereocenters. The number of hydrogen-bond donors (Lipinski definition) is 3. The summed E-state index contributed by atoms with van der Waals surface area (Å²) in [5.41, 5.74) is 3.73. The lowest BCUT2D eigenvalue weighted by molar-refractivity contribution is -0.116. The molecule has 0 saturated carbocycles. The molecule has 0 radical (unpaired) electrons. The largest absolute Gasteiger partial charge is 0.512 e. The van der Waals surface area contributed by atoms with Crippen molar-refractivity contribution in [2.45, 2.75) is 31.7 Å². The number of ketones is 1. The first-order valence-corrected chi connectivity index (χ1v) is 8.01. The highest BCUT2D eigenvalue weighted by Crippen LogP contribution is 2.37. The number of H-pyrrole nitrogens is 1. The summed E-state index contributed by atoms with van der Waals surface area (Å²) in [6.07, 6.45) is 2.71. The van der Waals surface area contributed by atoms with Crippen LogP contribution in [0.5, 0.6) is 0 Å². The van der Waals surface area contributed by atoms with E-state index in [-0.39, 0.29) is 17.6 Å². The summed E-state index contributed by atoms with van der Waals surface area (Å²) in [6.45, 7) is 0.779. The van der Waals surface area contributed by atoms with E-state index in [4.69, 9.17) is 11.6 Å². The molecule has 4 nitrogen and oxygen atoms in total. The number of Topliss-reactive ketones (excluding diaryl/α,β-unsaturated/α-hetero) is 1. The predicted octanol–water partition coefficient (Wildman–Crippen LogP) is 3.57. The van der Waals surface area contributed by atoms with E-state index >= 15 is 0 Å². The molecule has 2 heterocycles. The van der Waals surface area contributed by atoms with Crippen molar-refractivity contribution in [2.24, 2.45) is 0 Å². The maximum atomic E-state index is 12.3. The van der Waals surface area contributed by atoms with Crippen molar-refractivity contribution < 1.29 is 9.90 Å². The number of aromatic amines is 1. The Hall–Kier alpha value is -1.78. The first-order chi connectivity index (χ1) is 10.6. The molecule has 0 spiro atoms. The Morgan fingerprint density at radius 1 is 1.23 bits per heavy atom. The number of carbonyl (C=O) groups excluding carboxylic acids is 1. The molecule has 0 unspecified atom stereocenters. The highest BCUT2D eigenvalue weighted by atomic mass is 35.5. The van der Waals surface area contributed by atoms with Crippen molar-refractivity contribution in [3.05, 3.63) is 45.8 Å². The van der Waals surface area contributed by atoms with E-state index in [2.05, 4.69) is 10.3 Å². The molecule has 114 valence electrons. The van der Waals surface area contributed by atoms with Gasteiger partial charge in [0, 0.05) is 41.0 Å². The Morgan fingerprint density at radius 3 is 2.91 bits per heavy atom. The molecular formula is C17H17ClN2O2. The van der Waals surface area contributed by atoms with Crippen LogP contribution in [0.3, 0.4) is 0 Å². The first-order valence-electron chi connectivity index (χ1n) is 7.63. The monoisotopic (exact) mass is 316 g/mol. The number of rotatable bonds is 1. The number of hydrogen-bond acceptors (Lipinski definition) is 3. The minimum absolute atomic E-state index is 0.0470. The smallest absolute Gasteiger partial charge is 0.164 e. The number of aliphatic hydroxyl groups excluding tert-OH is 1. The van der Waals surface area contributed by atoms with E-state index in [1.807, 2.05) is 18.2 Å². The molecule has 2 aliphatic rings. The van der Waals surface area contributed by atoms with Gasteiger partial charge in [-0.25, -0.2) is 0 Å². The maximum absolute atomic E-state index is 12.3. The number of fused-ring (bicyclic) bond motifs is 3. The second kappa shape index (κ2) is 5.14. The van der Waals surface area contributed by atoms with Crippen LogP contribution in [0.1, 0.15) is 36.6 Å². The second-order valence-electron chi connectivity index (χ2n) is 5.98. The molecule has 0 fully saturated rings. The summed E-state index contributed by atoms with van der Waals surface area (Å²) < 4.78 is 0. The average Bonchev–Trinajstić information content (AvgIpc) is 2.86. The average molecular weight is 317 g/mol. The summed E-state index contributed by atoms with van der Waals surface area (Å²) in [7, 11) is 0. The van der Waals surface area contributed by atoms with Gasteiger partial charge in [-0.1, -0.05) is 11.6 Å². The lowest BCUT2D eigenvalue weighted by Gasteiger charge is -2.28. The van der Waals surface area contributed by atoms with Crippen LogP contribution in [0.2, 0.25) is 5.02 Å². The molecule has 2 aromatic rings. The van der Waals surface area contributed by atoms with Crippen molar-refractivity contribution in [1.82, 2.24) is 10.3 Å². The normalized spacial score (nSPS) is 22.2. The third kappa shape index (κ3) is 2.06. The molecule has 1 aliphatic heterocycles. The molecule has 0 amide bonds. The van der Waals surface area contributed by atoms with Gasteiger partial charge in [0.2, 0.25) is 0 Å². The first kappa shape index (κ1) is 13.9. The lowest BCUT2D eigenvalue weighted by Crippen LogP contribution is -2.34. The van der Waals surface area contributed by atoms with Gasteiger partial charge in [-0.2, -0.15) is 0 Å². The van der Waals surface area contributed by atoms with Gasteiger partial charge in [-0.3, -0.25) is 4.79 Å². The van der Waals surface area contributed by atoms with Crippen LogP contribution in [-0.2, 0) is 11.2 Å². The number of nitrogens with one attached hydrogen (secondary N) is 2. The number of benzene rings is 1. The fourth-order valence-electron chi connectivity index (χ4n) is 3.62. The van der Waals surface area contributed by atoms with Gasteiger partial charge in [0.15, 0.2) is 5.78 Å². The highest BCUT2D eigenvalue weighted by Gasteiger charge is 2.33. The van der Waals surface area contributed by atoms with E-state index in [0.717, 1.165) is 36.0 Å². The molecule has 0 bridgehead atoms. The summed E-state index contributed by atoms with van der Waals surface area (Å²) >= 11 is 6.12. The van der Waals surface area contributed by atoms with Crippen LogP contribution in [0.15, 0.2) is 29.5 Å². The van der Waals surface area contributed by atoms with Gasteiger partial charge in [-0.15, -0.1) is 0 Å². The fourth-order valence-corrected chi connectivity index (χ4v) is 3.79. The molecule has 1 aromatic heterocycles. The van der Waals surface area contributed by atoms with Crippen LogP contribution < -0.4 is 5.32 Å². The number of allylic oxidation sites excluding steroid dienone is 1. The highest BCUT2D eigenvalue weighted by molar-refractivity contribution is 6.31. The quantitative estimate of drug-likeness (QED) is 0.753. The van der Waals surface area contributed by atoms with Crippen molar-refractivity contribution >= 4 is 28.3 Å². The van der Waals surface area contributed by atoms with Crippen LogP contribution in [0, 0.1) is 0 Å². The fraction of sp³-hybridized carbons (Fsp3) is 0.353. The van der Waals surface area contributed by atoms with Gasteiger partial charge in [-0.05, 0) is 36.6 Å². The molecule has 4 rings (SSSR count). The van der Waals surface area contributed by atoms with E-state index in [9.17, 15) is 9.90 Å². The molecular weight excluding hydrogens is 300 g/mol. The van der Waals surface area contributed by atoms with Crippen LogP contribution in [-0.4, -0.2) is 22.4 Å². The zero-order valence-electron chi connectivity index (χ0n) is 12.1. The van der Waals surface area contributed by atoms with E-state index in [1.54, 1.807) is 0 Å². The van der Waals surface area contributed by atoms with Gasteiger partial charge < -0.3 is 15.4 Å². The number of aliphatic hydroxyl groups is 1. The van der Waals surface area contributed by atoms with E-state index < -0.39 is 0 Å². The number of carbonyl (C=O) groups is 1.